The van der Waals surface area contributed by atoms with Gasteiger partial charge in [-0.3, -0.25) is 19.9 Å². The van der Waals surface area contributed by atoms with Crippen LogP contribution in [0.2, 0.25) is 0 Å². The molecule has 0 radical (unpaired) electrons. The number of aromatic amines is 2. The molecule has 160 valence electrons. The monoisotopic (exact) mass is 449 g/mol. The van der Waals surface area contributed by atoms with E-state index in [-0.39, 0.29) is 5.78 Å². The zero-order chi connectivity index (χ0) is 22.5. The highest BCUT2D eigenvalue weighted by atomic mass is 32.1. The largest absolute Gasteiger partial charge is 0.352 e. The first-order valence-corrected chi connectivity index (χ1v) is 11.4. The fraction of sp³-hybridized carbons (Fsp3) is 0.0769. The Hall–Kier alpha value is -4.10. The molecular formula is C26H19N5OS. The second-order valence-corrected chi connectivity index (χ2v) is 9.16. The number of fused-ring (bicyclic) bond motifs is 2. The average Bonchev–Trinajstić information content (AvgIpc) is 3.56. The van der Waals surface area contributed by atoms with E-state index in [4.69, 9.17) is 0 Å². The molecule has 2 N–H and O–H groups in total. The molecule has 33 heavy (non-hydrogen) atoms. The molecular weight excluding hydrogens is 430 g/mol. The summed E-state index contributed by atoms with van der Waals surface area (Å²) in [5.74, 6) is 0.0730. The highest BCUT2D eigenvalue weighted by Crippen LogP contribution is 2.37. The third-order valence-corrected chi connectivity index (χ3v) is 7.15. The van der Waals surface area contributed by atoms with Crippen molar-refractivity contribution in [3.63, 3.8) is 0 Å². The Balaban J connectivity index is 1.49. The summed E-state index contributed by atoms with van der Waals surface area (Å²) in [6.07, 6.45) is 7.37. The maximum Gasteiger partial charge on any atom is 0.169 e. The van der Waals surface area contributed by atoms with E-state index in [9.17, 15) is 4.79 Å². The second-order valence-electron chi connectivity index (χ2n) is 8.07. The van der Waals surface area contributed by atoms with Gasteiger partial charge in [-0.1, -0.05) is 6.07 Å². The van der Waals surface area contributed by atoms with Gasteiger partial charge in [-0.05, 0) is 61.4 Å². The van der Waals surface area contributed by atoms with Crippen molar-refractivity contribution in [2.24, 2.45) is 0 Å². The Labute approximate surface area is 193 Å². The third-order valence-electron chi connectivity index (χ3n) is 5.93. The molecule has 6 aromatic rings. The second kappa shape index (κ2) is 7.50. The number of H-pyrrole nitrogens is 2. The number of aromatic nitrogens is 5. The third kappa shape index (κ3) is 3.25. The van der Waals surface area contributed by atoms with Crippen LogP contribution in [-0.4, -0.2) is 30.9 Å². The summed E-state index contributed by atoms with van der Waals surface area (Å²) in [5.41, 5.74) is 8.04. The van der Waals surface area contributed by atoms with Crippen LogP contribution in [0.5, 0.6) is 0 Å². The van der Waals surface area contributed by atoms with E-state index in [2.05, 4.69) is 56.3 Å². The van der Waals surface area contributed by atoms with Crippen molar-refractivity contribution in [1.29, 1.82) is 0 Å². The number of carbonyl (C=O) groups excluding carboxylic acids is 1. The van der Waals surface area contributed by atoms with Crippen molar-refractivity contribution in [3.8, 4) is 33.0 Å². The van der Waals surface area contributed by atoms with Crippen molar-refractivity contribution >= 4 is 38.9 Å². The van der Waals surface area contributed by atoms with E-state index >= 15 is 0 Å². The van der Waals surface area contributed by atoms with Crippen LogP contribution < -0.4 is 0 Å². The molecule has 0 aliphatic rings. The van der Waals surface area contributed by atoms with Crippen LogP contribution in [0, 0.1) is 6.92 Å². The molecule has 0 aliphatic carbocycles. The lowest BCUT2D eigenvalue weighted by atomic mass is 10.0. The van der Waals surface area contributed by atoms with Crippen LogP contribution in [0.15, 0.2) is 67.3 Å². The summed E-state index contributed by atoms with van der Waals surface area (Å²) >= 11 is 1.49. The summed E-state index contributed by atoms with van der Waals surface area (Å²) in [7, 11) is 0. The Morgan fingerprint density at radius 1 is 0.909 bits per heavy atom. The van der Waals surface area contributed by atoms with E-state index in [1.54, 1.807) is 6.92 Å². The molecule has 0 saturated carbocycles. The number of benzene rings is 1. The van der Waals surface area contributed by atoms with Gasteiger partial charge < -0.3 is 4.98 Å². The standard InChI is InChI=1S/C26H19N5OS/c1-14-7-8-27-11-19(14)16-3-4-21-18(9-16)26(31-30-21)22-10-17-20(12-28-13-23(17)29-22)25-6-5-24(33-25)15(2)32/h3-13,29H,1-2H3,(H,30,31). The fourth-order valence-electron chi connectivity index (χ4n) is 4.20. The van der Waals surface area contributed by atoms with Crippen LogP contribution in [0.4, 0.5) is 0 Å². The normalized spacial score (nSPS) is 11.5. The number of nitrogens with one attached hydrogen (secondary N) is 2. The topological polar surface area (TPSA) is 87.3 Å². The number of rotatable bonds is 4. The molecule has 1 aromatic carbocycles. The fourth-order valence-corrected chi connectivity index (χ4v) is 5.13. The van der Waals surface area contributed by atoms with E-state index in [1.165, 1.54) is 16.9 Å². The van der Waals surface area contributed by atoms with Crippen LogP contribution in [0.3, 0.4) is 0 Å². The molecule has 0 saturated heterocycles. The number of carbonyl (C=O) groups is 1. The van der Waals surface area contributed by atoms with Gasteiger partial charge in [0.25, 0.3) is 0 Å². The van der Waals surface area contributed by atoms with Gasteiger partial charge in [0.15, 0.2) is 5.78 Å². The number of ketones is 1. The van der Waals surface area contributed by atoms with Gasteiger partial charge in [-0.25, -0.2) is 0 Å². The van der Waals surface area contributed by atoms with Gasteiger partial charge in [0.1, 0.15) is 5.69 Å². The lowest BCUT2D eigenvalue weighted by Crippen LogP contribution is -1.85. The van der Waals surface area contributed by atoms with E-state index in [1.807, 2.05) is 43.0 Å². The predicted octanol–water partition coefficient (Wildman–Crippen LogP) is 6.41. The minimum atomic E-state index is 0.0730. The van der Waals surface area contributed by atoms with Crippen molar-refractivity contribution in [1.82, 2.24) is 25.1 Å². The maximum atomic E-state index is 11.8. The summed E-state index contributed by atoms with van der Waals surface area (Å²) in [5, 5.41) is 9.85. The number of Topliss-reactive ketones (excluding diaryl/α,β-unsaturated/α-hetero) is 1. The van der Waals surface area contributed by atoms with Gasteiger partial charge >= 0.3 is 0 Å². The summed E-state index contributed by atoms with van der Waals surface area (Å²) in [6.45, 7) is 3.68. The van der Waals surface area contributed by atoms with E-state index in [0.717, 1.165) is 59.6 Å². The molecule has 0 aliphatic heterocycles. The minimum absolute atomic E-state index is 0.0730. The molecule has 5 heterocycles. The number of thiophene rings is 1. The smallest absolute Gasteiger partial charge is 0.169 e. The highest BCUT2D eigenvalue weighted by Gasteiger charge is 2.16. The number of nitrogens with zero attached hydrogens (tertiary/aromatic N) is 3. The molecule has 0 bridgehead atoms. The van der Waals surface area contributed by atoms with E-state index < -0.39 is 0 Å². The molecule has 0 unspecified atom stereocenters. The lowest BCUT2D eigenvalue weighted by molar-refractivity contribution is 0.102. The molecule has 7 heteroatoms. The predicted molar refractivity (Wildman–Crippen MR) is 132 cm³/mol. The first-order chi connectivity index (χ1) is 16.1. The Morgan fingerprint density at radius 3 is 2.61 bits per heavy atom. The Bertz CT molecular complexity index is 1670. The zero-order valence-electron chi connectivity index (χ0n) is 18.0. The maximum absolute atomic E-state index is 11.8. The Kier molecular flexibility index (Phi) is 4.45. The van der Waals surface area contributed by atoms with Gasteiger partial charge in [0.2, 0.25) is 0 Å². The van der Waals surface area contributed by atoms with Gasteiger partial charge in [-0.2, -0.15) is 5.10 Å². The average molecular weight is 450 g/mol. The van der Waals surface area contributed by atoms with Crippen molar-refractivity contribution < 1.29 is 4.79 Å². The lowest BCUT2D eigenvalue weighted by Gasteiger charge is -2.05. The zero-order valence-corrected chi connectivity index (χ0v) is 18.8. The molecule has 0 atom stereocenters. The van der Waals surface area contributed by atoms with Gasteiger partial charge in [0.05, 0.1) is 27.8 Å². The molecule has 0 fully saturated rings. The number of hydrogen-bond donors (Lipinski definition) is 2. The van der Waals surface area contributed by atoms with Crippen LogP contribution in [-0.2, 0) is 0 Å². The van der Waals surface area contributed by atoms with Crippen LogP contribution in [0.1, 0.15) is 22.2 Å². The van der Waals surface area contributed by atoms with Crippen molar-refractivity contribution in [3.05, 3.63) is 77.7 Å². The van der Waals surface area contributed by atoms with E-state index in [0.29, 0.717) is 0 Å². The quantitative estimate of drug-likeness (QED) is 0.305. The molecule has 0 amide bonds. The summed E-state index contributed by atoms with van der Waals surface area (Å²) in [6, 6.07) is 14.3. The van der Waals surface area contributed by atoms with Crippen LogP contribution in [0.25, 0.3) is 54.8 Å². The first kappa shape index (κ1) is 19.6. The molecule has 6 nitrogen and oxygen atoms in total. The van der Waals surface area contributed by atoms with Crippen LogP contribution >= 0.6 is 11.3 Å². The van der Waals surface area contributed by atoms with Gasteiger partial charge in [-0.15, -0.1) is 11.3 Å². The summed E-state index contributed by atoms with van der Waals surface area (Å²) < 4.78 is 0. The summed E-state index contributed by atoms with van der Waals surface area (Å²) in [4.78, 5) is 25.7. The van der Waals surface area contributed by atoms with Gasteiger partial charge in [0, 0.05) is 45.4 Å². The number of pyridine rings is 2. The number of aryl methyl sites for hydroxylation is 1. The molecule has 6 rings (SSSR count). The first-order valence-electron chi connectivity index (χ1n) is 10.6. The van der Waals surface area contributed by atoms with Crippen molar-refractivity contribution in [2.45, 2.75) is 13.8 Å². The SMILES string of the molecule is CC(=O)c1ccc(-c2cncc3[nH]c(-c4n[nH]c5ccc(-c6cnccc6C)cc45)cc23)s1. The molecule has 0 spiro atoms. The Morgan fingerprint density at radius 2 is 1.79 bits per heavy atom. The molecule has 5 aromatic heterocycles. The minimum Gasteiger partial charge on any atom is -0.352 e. The highest BCUT2D eigenvalue weighted by molar-refractivity contribution is 7.17. The van der Waals surface area contributed by atoms with Crippen molar-refractivity contribution in [2.75, 3.05) is 0 Å². The number of hydrogen-bond acceptors (Lipinski definition) is 5.